The molecule has 3 aliphatic rings. The van der Waals surface area contributed by atoms with Crippen molar-refractivity contribution in [2.45, 2.75) is 82.8 Å². The van der Waals surface area contributed by atoms with Crippen LogP contribution in [-0.2, 0) is 9.53 Å². The van der Waals surface area contributed by atoms with Crippen LogP contribution in [0.3, 0.4) is 0 Å². The molecule has 194 valence electrons. The third-order valence-corrected chi connectivity index (χ3v) is 7.34. The number of nitrogens with zero attached hydrogens (tertiary/aromatic N) is 4. The number of piperazine rings is 1. The molecule has 3 heterocycles. The zero-order chi connectivity index (χ0) is 26.2. The largest absolute Gasteiger partial charge is 0.444 e. The molecular formula is C27H36FN5O3. The number of ether oxygens (including phenoxy) is 1. The Morgan fingerprint density at radius 3 is 2.78 bits per heavy atom. The van der Waals surface area contributed by atoms with E-state index in [0.717, 1.165) is 18.4 Å². The molecule has 4 rings (SSSR count). The lowest BCUT2D eigenvalue weighted by Crippen LogP contribution is -2.56. The van der Waals surface area contributed by atoms with Crippen LogP contribution in [0.5, 0.6) is 0 Å². The summed E-state index contributed by atoms with van der Waals surface area (Å²) in [6.45, 7) is 13.3. The molecule has 8 nitrogen and oxygen atoms in total. The first-order valence-corrected chi connectivity index (χ1v) is 12.6. The number of benzene rings is 1. The highest BCUT2D eigenvalue weighted by Crippen LogP contribution is 2.38. The number of alkyl carbamates (subject to hydrolysis) is 1. The average Bonchev–Trinajstić information content (AvgIpc) is 3.51. The highest BCUT2D eigenvalue weighted by atomic mass is 19.1. The predicted octanol–water partition coefficient (Wildman–Crippen LogP) is 3.57. The Kier molecular flexibility index (Phi) is 7.28. The fourth-order valence-electron chi connectivity index (χ4n) is 5.69. The number of halogens is 1. The van der Waals surface area contributed by atoms with E-state index < -0.39 is 17.7 Å². The number of carbonyl (C=O) groups is 2. The third kappa shape index (κ3) is 5.34. The molecule has 5 atom stereocenters. The molecule has 1 aromatic carbocycles. The van der Waals surface area contributed by atoms with Gasteiger partial charge in [-0.25, -0.2) is 9.18 Å². The molecule has 36 heavy (non-hydrogen) atoms. The molecule has 0 radical (unpaired) electrons. The third-order valence-electron chi connectivity index (χ3n) is 7.34. The SMILES string of the molecule is C=C(C(CN1CC2CC1C(=O)N2C(C)c1cccc(F)c1)NC(=O)OC(C)(C)C)N1CCCC1C#N. The van der Waals surface area contributed by atoms with E-state index in [9.17, 15) is 19.2 Å². The van der Waals surface area contributed by atoms with E-state index in [1.54, 1.807) is 26.8 Å². The van der Waals surface area contributed by atoms with Crippen molar-refractivity contribution in [3.8, 4) is 6.07 Å². The summed E-state index contributed by atoms with van der Waals surface area (Å²) in [6.07, 6.45) is 1.78. The van der Waals surface area contributed by atoms with Gasteiger partial charge in [0.15, 0.2) is 0 Å². The molecule has 3 saturated heterocycles. The lowest BCUT2D eigenvalue weighted by molar-refractivity contribution is -0.139. The molecule has 5 unspecified atom stereocenters. The molecule has 9 heteroatoms. The first kappa shape index (κ1) is 26.0. The van der Waals surface area contributed by atoms with Crippen LogP contribution in [0.2, 0.25) is 0 Å². The van der Waals surface area contributed by atoms with Crippen LogP contribution in [0.1, 0.15) is 58.6 Å². The van der Waals surface area contributed by atoms with Crippen LogP contribution in [0.15, 0.2) is 36.5 Å². The summed E-state index contributed by atoms with van der Waals surface area (Å²) in [4.78, 5) is 32.0. The number of hydrogen-bond acceptors (Lipinski definition) is 6. The molecule has 1 N–H and O–H groups in total. The molecule has 0 aliphatic carbocycles. The second-order valence-corrected chi connectivity index (χ2v) is 11.0. The summed E-state index contributed by atoms with van der Waals surface area (Å²) >= 11 is 0. The number of fused-ring (bicyclic) bond motifs is 2. The number of likely N-dealkylation sites (tertiary alicyclic amines) is 3. The Morgan fingerprint density at radius 2 is 2.14 bits per heavy atom. The number of nitriles is 1. The Morgan fingerprint density at radius 1 is 1.39 bits per heavy atom. The maximum Gasteiger partial charge on any atom is 0.408 e. The van der Waals surface area contributed by atoms with Gasteiger partial charge in [0.2, 0.25) is 5.91 Å². The van der Waals surface area contributed by atoms with E-state index in [2.05, 4.69) is 22.9 Å². The Hall–Kier alpha value is -3.12. The van der Waals surface area contributed by atoms with Gasteiger partial charge in [-0.1, -0.05) is 18.7 Å². The van der Waals surface area contributed by atoms with E-state index in [1.807, 2.05) is 22.8 Å². The maximum atomic E-state index is 13.8. The topological polar surface area (TPSA) is 88.9 Å². The normalized spacial score (nSPS) is 25.6. The average molecular weight is 498 g/mol. The summed E-state index contributed by atoms with van der Waals surface area (Å²) in [7, 11) is 0. The highest BCUT2D eigenvalue weighted by Gasteiger charge is 2.51. The minimum absolute atomic E-state index is 0.00912. The second kappa shape index (κ2) is 10.1. The minimum atomic E-state index is -0.658. The monoisotopic (exact) mass is 497 g/mol. The maximum absolute atomic E-state index is 13.8. The fraction of sp³-hybridized carbons (Fsp3) is 0.593. The lowest BCUT2D eigenvalue weighted by atomic mass is 10.1. The summed E-state index contributed by atoms with van der Waals surface area (Å²) in [5.74, 6) is -0.300. The van der Waals surface area contributed by atoms with Gasteiger partial charge >= 0.3 is 6.09 Å². The van der Waals surface area contributed by atoms with Gasteiger partial charge in [0, 0.05) is 31.4 Å². The van der Waals surface area contributed by atoms with Crippen molar-refractivity contribution < 1.29 is 18.7 Å². The lowest BCUT2D eigenvalue weighted by Gasteiger charge is -2.40. The van der Waals surface area contributed by atoms with Gasteiger partial charge in [-0.2, -0.15) is 5.26 Å². The zero-order valence-corrected chi connectivity index (χ0v) is 21.5. The minimum Gasteiger partial charge on any atom is -0.444 e. The van der Waals surface area contributed by atoms with E-state index >= 15 is 0 Å². The summed E-state index contributed by atoms with van der Waals surface area (Å²) in [5.41, 5.74) is 0.775. The van der Waals surface area contributed by atoms with Crippen molar-refractivity contribution in [2.75, 3.05) is 19.6 Å². The molecule has 2 amide bonds. The van der Waals surface area contributed by atoms with Crippen LogP contribution in [-0.4, -0.2) is 76.1 Å². The number of nitrogens with one attached hydrogen (secondary N) is 1. The van der Waals surface area contributed by atoms with Crippen LogP contribution in [0.25, 0.3) is 0 Å². The van der Waals surface area contributed by atoms with Crippen molar-refractivity contribution in [1.82, 2.24) is 20.0 Å². The number of hydrogen-bond donors (Lipinski definition) is 1. The smallest absolute Gasteiger partial charge is 0.408 e. The van der Waals surface area contributed by atoms with Gasteiger partial charge in [0.25, 0.3) is 0 Å². The molecule has 2 bridgehead atoms. The van der Waals surface area contributed by atoms with E-state index in [0.29, 0.717) is 31.8 Å². The molecule has 1 aromatic rings. The molecule has 0 spiro atoms. The van der Waals surface area contributed by atoms with Crippen LogP contribution in [0.4, 0.5) is 9.18 Å². The van der Waals surface area contributed by atoms with Crippen LogP contribution < -0.4 is 5.32 Å². The Labute approximate surface area is 212 Å². The fourth-order valence-corrected chi connectivity index (χ4v) is 5.69. The van der Waals surface area contributed by atoms with Gasteiger partial charge in [-0.15, -0.1) is 0 Å². The van der Waals surface area contributed by atoms with Gasteiger partial charge in [-0.05, 0) is 64.7 Å². The first-order valence-electron chi connectivity index (χ1n) is 12.6. The molecule has 3 fully saturated rings. The van der Waals surface area contributed by atoms with Gasteiger partial charge < -0.3 is 19.9 Å². The van der Waals surface area contributed by atoms with E-state index in [4.69, 9.17) is 4.74 Å². The quantitative estimate of drug-likeness (QED) is 0.620. The van der Waals surface area contributed by atoms with Gasteiger partial charge in [-0.3, -0.25) is 9.69 Å². The molecule has 0 saturated carbocycles. The predicted molar refractivity (Wildman–Crippen MR) is 133 cm³/mol. The standard InChI is InChI=1S/C27H36FN5O3/c1-17(19-8-6-9-20(28)12-19)33-22-13-24(25(33)34)31(15-22)16-23(30-26(35)36-27(3,4)5)18(2)32-11-7-10-21(32)14-29/h6,8-9,12,17,21-24H,2,7,10-11,13,15-16H2,1,3-5H3,(H,30,35). The molecule has 0 aromatic heterocycles. The number of carbonyl (C=O) groups excluding carboxylic acids is 2. The Bertz CT molecular complexity index is 1060. The molecule has 3 aliphatic heterocycles. The number of amides is 2. The number of rotatable bonds is 7. The summed E-state index contributed by atoms with van der Waals surface area (Å²) in [5, 5.41) is 12.5. The van der Waals surface area contributed by atoms with E-state index in [1.165, 1.54) is 12.1 Å². The first-order chi connectivity index (χ1) is 17.0. The molecular weight excluding hydrogens is 461 g/mol. The van der Waals surface area contributed by atoms with Crippen molar-refractivity contribution in [2.24, 2.45) is 0 Å². The van der Waals surface area contributed by atoms with Crippen molar-refractivity contribution in [3.05, 3.63) is 47.9 Å². The summed E-state index contributed by atoms with van der Waals surface area (Å²) < 4.78 is 19.3. The van der Waals surface area contributed by atoms with Crippen molar-refractivity contribution in [3.63, 3.8) is 0 Å². The van der Waals surface area contributed by atoms with Crippen molar-refractivity contribution in [1.29, 1.82) is 5.26 Å². The zero-order valence-electron chi connectivity index (χ0n) is 21.5. The van der Waals surface area contributed by atoms with E-state index in [-0.39, 0.29) is 35.9 Å². The van der Waals surface area contributed by atoms with Gasteiger partial charge in [0.1, 0.15) is 17.5 Å². The van der Waals surface area contributed by atoms with Crippen LogP contribution >= 0.6 is 0 Å². The van der Waals surface area contributed by atoms with Gasteiger partial charge in [0.05, 0.1) is 24.2 Å². The van der Waals surface area contributed by atoms with Crippen LogP contribution in [0, 0.1) is 17.1 Å². The second-order valence-electron chi connectivity index (χ2n) is 11.0. The summed E-state index contributed by atoms with van der Waals surface area (Å²) in [6, 6.07) is 7.41. The van der Waals surface area contributed by atoms with Crippen molar-refractivity contribution >= 4 is 12.0 Å². The highest BCUT2D eigenvalue weighted by molar-refractivity contribution is 5.86. The Balaban J connectivity index is 1.48.